The van der Waals surface area contributed by atoms with Crippen molar-refractivity contribution in [1.82, 2.24) is 25.1 Å². The van der Waals surface area contributed by atoms with Crippen LogP contribution < -0.4 is 5.73 Å². The van der Waals surface area contributed by atoms with Gasteiger partial charge < -0.3 is 10.6 Å². The Kier molecular flexibility index (Phi) is 4.19. The second-order valence-electron chi connectivity index (χ2n) is 4.17. The van der Waals surface area contributed by atoms with Crippen LogP contribution in [-0.4, -0.2) is 51.2 Å². The van der Waals surface area contributed by atoms with Gasteiger partial charge in [-0.1, -0.05) is 0 Å². The highest BCUT2D eigenvalue weighted by atomic mass is 16.2. The summed E-state index contributed by atoms with van der Waals surface area (Å²) >= 11 is 0. The van der Waals surface area contributed by atoms with Crippen LogP contribution >= 0.6 is 0 Å². The van der Waals surface area contributed by atoms with Crippen LogP contribution in [0, 0.1) is 0 Å². The number of nitrogens with zero attached hydrogens (tertiary/aromatic N) is 5. The predicted octanol–water partition coefficient (Wildman–Crippen LogP) is 0.0831. The molecule has 0 aliphatic heterocycles. The molecule has 0 spiro atoms. The number of carbonyl (C=O) groups excluding carboxylic acids is 1. The highest BCUT2D eigenvalue weighted by Gasteiger charge is 2.11. The van der Waals surface area contributed by atoms with E-state index in [2.05, 4.69) is 15.5 Å². The summed E-state index contributed by atoms with van der Waals surface area (Å²) in [6, 6.07) is 7.14. The van der Waals surface area contributed by atoms with Gasteiger partial charge >= 0.3 is 0 Å². The minimum absolute atomic E-state index is 0.0169. The monoisotopic (exact) mass is 260 g/mol. The van der Waals surface area contributed by atoms with Gasteiger partial charge in [-0.05, 0) is 47.7 Å². The number of nitrogens with two attached hydrogens (primary N) is 1. The smallest absolute Gasteiger partial charge is 0.253 e. The lowest BCUT2D eigenvalue weighted by Crippen LogP contribution is -2.28. The van der Waals surface area contributed by atoms with Crippen molar-refractivity contribution in [1.29, 1.82) is 0 Å². The molecule has 0 atom stereocenters. The number of tetrazole rings is 1. The molecule has 1 heterocycles. The number of aromatic nitrogens is 4. The van der Waals surface area contributed by atoms with Crippen molar-refractivity contribution < 1.29 is 4.79 Å². The fourth-order valence-electron chi connectivity index (χ4n) is 1.69. The molecular formula is C12H16N6O. The molecule has 0 bridgehead atoms. The van der Waals surface area contributed by atoms with Gasteiger partial charge in [0.15, 0.2) is 0 Å². The van der Waals surface area contributed by atoms with E-state index >= 15 is 0 Å². The van der Waals surface area contributed by atoms with Crippen LogP contribution in [0.3, 0.4) is 0 Å². The van der Waals surface area contributed by atoms with E-state index < -0.39 is 0 Å². The van der Waals surface area contributed by atoms with E-state index in [4.69, 9.17) is 5.73 Å². The van der Waals surface area contributed by atoms with E-state index in [-0.39, 0.29) is 5.91 Å². The molecule has 2 aromatic rings. The Morgan fingerprint density at radius 1 is 1.37 bits per heavy atom. The topological polar surface area (TPSA) is 89.9 Å². The van der Waals surface area contributed by atoms with E-state index in [0.717, 1.165) is 12.1 Å². The Morgan fingerprint density at radius 2 is 2.11 bits per heavy atom. The number of hydrogen-bond acceptors (Lipinski definition) is 5. The first kappa shape index (κ1) is 13.2. The molecule has 1 aromatic heterocycles. The third-order valence-corrected chi connectivity index (χ3v) is 2.77. The van der Waals surface area contributed by atoms with Crippen molar-refractivity contribution in [2.24, 2.45) is 5.73 Å². The van der Waals surface area contributed by atoms with Crippen LogP contribution in [0.4, 0.5) is 0 Å². The Morgan fingerprint density at radius 3 is 2.68 bits per heavy atom. The zero-order valence-corrected chi connectivity index (χ0v) is 10.7. The normalized spacial score (nSPS) is 10.4. The van der Waals surface area contributed by atoms with Gasteiger partial charge in [0, 0.05) is 19.2 Å². The van der Waals surface area contributed by atoms with E-state index in [1.165, 1.54) is 11.0 Å². The molecule has 1 amide bonds. The van der Waals surface area contributed by atoms with E-state index in [1.807, 2.05) is 0 Å². The zero-order valence-electron chi connectivity index (χ0n) is 10.7. The third kappa shape index (κ3) is 3.14. The fraction of sp³-hybridized carbons (Fsp3) is 0.333. The molecule has 0 saturated carbocycles. The maximum Gasteiger partial charge on any atom is 0.253 e. The second-order valence-corrected chi connectivity index (χ2v) is 4.17. The average Bonchev–Trinajstić information content (AvgIpc) is 2.98. The van der Waals surface area contributed by atoms with E-state index in [9.17, 15) is 4.79 Å². The molecule has 0 aliphatic carbocycles. The molecule has 0 radical (unpaired) electrons. The first-order valence-electron chi connectivity index (χ1n) is 6.01. The first-order chi connectivity index (χ1) is 9.22. The van der Waals surface area contributed by atoms with E-state index in [1.54, 1.807) is 36.2 Å². The lowest BCUT2D eigenvalue weighted by molar-refractivity contribution is 0.0794. The third-order valence-electron chi connectivity index (χ3n) is 2.77. The summed E-state index contributed by atoms with van der Waals surface area (Å²) in [4.78, 5) is 13.8. The minimum Gasteiger partial charge on any atom is -0.342 e. The molecule has 7 heteroatoms. The maximum atomic E-state index is 12.1. The van der Waals surface area contributed by atoms with Crippen LogP contribution in [-0.2, 0) is 0 Å². The molecular weight excluding hydrogens is 244 g/mol. The lowest BCUT2D eigenvalue weighted by atomic mass is 10.2. The molecule has 0 unspecified atom stereocenters. The Balaban J connectivity index is 2.08. The van der Waals surface area contributed by atoms with Crippen molar-refractivity contribution in [2.45, 2.75) is 6.42 Å². The molecule has 2 N–H and O–H groups in total. The Labute approximate surface area is 111 Å². The predicted molar refractivity (Wildman–Crippen MR) is 69.8 cm³/mol. The van der Waals surface area contributed by atoms with Crippen LogP contribution in [0.2, 0.25) is 0 Å². The largest absolute Gasteiger partial charge is 0.342 e. The zero-order chi connectivity index (χ0) is 13.7. The molecule has 1 aromatic carbocycles. The number of rotatable bonds is 5. The first-order valence-corrected chi connectivity index (χ1v) is 6.01. The van der Waals surface area contributed by atoms with Crippen LogP contribution in [0.25, 0.3) is 5.69 Å². The molecule has 2 rings (SSSR count). The molecule has 0 saturated heterocycles. The SMILES string of the molecule is CN(CCCN)C(=O)c1ccc(-n2cnnn2)cc1. The fourth-order valence-corrected chi connectivity index (χ4v) is 1.69. The summed E-state index contributed by atoms with van der Waals surface area (Å²) in [6.07, 6.45) is 2.30. The second kappa shape index (κ2) is 6.05. The molecule has 7 nitrogen and oxygen atoms in total. The van der Waals surface area contributed by atoms with Crippen molar-refractivity contribution in [3.8, 4) is 5.69 Å². The van der Waals surface area contributed by atoms with Gasteiger partial charge in [-0.3, -0.25) is 4.79 Å². The average molecular weight is 260 g/mol. The van der Waals surface area contributed by atoms with Crippen molar-refractivity contribution in [2.75, 3.05) is 20.1 Å². The summed E-state index contributed by atoms with van der Waals surface area (Å²) in [5.41, 5.74) is 6.88. The van der Waals surface area contributed by atoms with Crippen LogP contribution in [0.15, 0.2) is 30.6 Å². The number of carbonyl (C=O) groups is 1. The minimum atomic E-state index is -0.0169. The molecule has 100 valence electrons. The summed E-state index contributed by atoms with van der Waals surface area (Å²) in [5, 5.41) is 10.9. The van der Waals surface area contributed by atoms with Gasteiger partial charge in [-0.2, -0.15) is 0 Å². The summed E-state index contributed by atoms with van der Waals surface area (Å²) in [7, 11) is 1.77. The number of benzene rings is 1. The van der Waals surface area contributed by atoms with Crippen LogP contribution in [0.5, 0.6) is 0 Å². The maximum absolute atomic E-state index is 12.1. The highest BCUT2D eigenvalue weighted by molar-refractivity contribution is 5.94. The van der Waals surface area contributed by atoms with Gasteiger partial charge in [0.25, 0.3) is 5.91 Å². The van der Waals surface area contributed by atoms with E-state index in [0.29, 0.717) is 18.7 Å². The molecule has 0 fully saturated rings. The van der Waals surface area contributed by atoms with Gasteiger partial charge in [-0.15, -0.1) is 5.10 Å². The Hall–Kier alpha value is -2.28. The Bertz CT molecular complexity index is 522. The van der Waals surface area contributed by atoms with Gasteiger partial charge in [0.05, 0.1) is 5.69 Å². The highest BCUT2D eigenvalue weighted by Crippen LogP contribution is 2.09. The molecule has 0 aliphatic rings. The van der Waals surface area contributed by atoms with Crippen LogP contribution in [0.1, 0.15) is 16.8 Å². The van der Waals surface area contributed by atoms with Crippen molar-refractivity contribution in [3.05, 3.63) is 36.2 Å². The van der Waals surface area contributed by atoms with Crippen molar-refractivity contribution in [3.63, 3.8) is 0 Å². The van der Waals surface area contributed by atoms with Crippen molar-refractivity contribution >= 4 is 5.91 Å². The number of amides is 1. The lowest BCUT2D eigenvalue weighted by Gasteiger charge is -2.16. The van der Waals surface area contributed by atoms with Gasteiger partial charge in [-0.25, -0.2) is 4.68 Å². The number of hydrogen-bond donors (Lipinski definition) is 1. The van der Waals surface area contributed by atoms with Gasteiger partial charge in [0.2, 0.25) is 0 Å². The quantitative estimate of drug-likeness (QED) is 0.822. The summed E-state index contributed by atoms with van der Waals surface area (Å²) < 4.78 is 1.53. The molecule has 19 heavy (non-hydrogen) atoms. The standard InChI is InChI=1S/C12H16N6O/c1-17(8-2-7-13)12(19)10-3-5-11(6-4-10)18-9-14-15-16-18/h3-6,9H,2,7-8,13H2,1H3. The summed E-state index contributed by atoms with van der Waals surface area (Å²) in [6.45, 7) is 1.24. The summed E-state index contributed by atoms with van der Waals surface area (Å²) in [5.74, 6) is -0.0169. The van der Waals surface area contributed by atoms with Gasteiger partial charge in [0.1, 0.15) is 6.33 Å².